The second-order valence-electron chi connectivity index (χ2n) is 5.68. The molecule has 1 aromatic rings. The molecule has 22 heavy (non-hydrogen) atoms. The van der Waals surface area contributed by atoms with Crippen LogP contribution in [-0.4, -0.2) is 40.0 Å². The zero-order valence-corrected chi connectivity index (χ0v) is 13.1. The second kappa shape index (κ2) is 6.71. The van der Waals surface area contributed by atoms with E-state index in [-0.39, 0.29) is 23.9 Å². The van der Waals surface area contributed by atoms with Gasteiger partial charge in [0.05, 0.1) is 11.4 Å². The number of carbonyl (C=O) groups is 2. The Hall–Kier alpha value is -1.53. The molecule has 0 unspecified atom stereocenters. The van der Waals surface area contributed by atoms with Crippen LogP contribution in [0.15, 0.2) is 30.3 Å². The topological polar surface area (TPSA) is 72.6 Å². The maximum atomic E-state index is 12.4. The van der Waals surface area contributed by atoms with Gasteiger partial charge >= 0.3 is 5.97 Å². The molecule has 0 bridgehead atoms. The fraction of sp³-hybridized carbons (Fsp3) is 0.500. The average molecular weight is 320 g/mol. The van der Waals surface area contributed by atoms with Gasteiger partial charge in [-0.1, -0.05) is 30.3 Å². The highest BCUT2D eigenvalue weighted by atomic mass is 32.2. The Morgan fingerprint density at radius 1 is 1.32 bits per heavy atom. The largest absolute Gasteiger partial charge is 0.459 e. The van der Waals surface area contributed by atoms with Crippen LogP contribution in [-0.2, 0) is 20.9 Å². The van der Waals surface area contributed by atoms with Crippen LogP contribution in [0.5, 0.6) is 0 Å². The lowest BCUT2D eigenvalue weighted by Crippen LogP contribution is -2.51. The summed E-state index contributed by atoms with van der Waals surface area (Å²) in [6.45, 7) is 0.236. The van der Waals surface area contributed by atoms with E-state index in [9.17, 15) is 9.59 Å². The minimum absolute atomic E-state index is 0.0651. The molecule has 5 nitrogen and oxygen atoms in total. The zero-order valence-electron chi connectivity index (χ0n) is 12.3. The van der Waals surface area contributed by atoms with E-state index in [0.717, 1.165) is 18.4 Å². The second-order valence-corrected chi connectivity index (χ2v) is 6.89. The standard InChI is InChI=1S/C16H20N2O3S/c17-12-7-4-8-14-18(15(12)19)13(10-22-14)16(20)21-9-11-5-2-1-3-6-11/h1-3,5-6,12-14H,4,7-10,17H2/t12-,13-,14-/m1/s1. The van der Waals surface area contributed by atoms with Crippen LogP contribution in [0.4, 0.5) is 0 Å². The number of thioether (sulfide) groups is 1. The summed E-state index contributed by atoms with van der Waals surface area (Å²) >= 11 is 1.65. The third-order valence-electron chi connectivity index (χ3n) is 4.13. The van der Waals surface area contributed by atoms with Gasteiger partial charge < -0.3 is 15.4 Å². The molecular weight excluding hydrogens is 300 g/mol. The van der Waals surface area contributed by atoms with Crippen molar-refractivity contribution >= 4 is 23.6 Å². The molecule has 6 heteroatoms. The average Bonchev–Trinajstić information content (AvgIpc) is 2.91. The molecule has 2 saturated heterocycles. The number of nitrogens with zero attached hydrogens (tertiary/aromatic N) is 1. The van der Waals surface area contributed by atoms with E-state index in [1.54, 1.807) is 16.7 Å². The molecule has 2 heterocycles. The number of carbonyl (C=O) groups excluding carboxylic acids is 2. The third-order valence-corrected chi connectivity index (χ3v) is 5.48. The summed E-state index contributed by atoms with van der Waals surface area (Å²) < 4.78 is 5.40. The van der Waals surface area contributed by atoms with E-state index in [1.165, 1.54) is 0 Å². The van der Waals surface area contributed by atoms with Gasteiger partial charge in [-0.2, -0.15) is 0 Å². The first-order valence-corrected chi connectivity index (χ1v) is 8.61. The van der Waals surface area contributed by atoms with Crippen LogP contribution >= 0.6 is 11.8 Å². The highest BCUT2D eigenvalue weighted by Crippen LogP contribution is 2.35. The fourth-order valence-electron chi connectivity index (χ4n) is 2.92. The third kappa shape index (κ3) is 3.13. The summed E-state index contributed by atoms with van der Waals surface area (Å²) in [5, 5.41) is 0.0651. The lowest BCUT2D eigenvalue weighted by atomic mass is 10.1. The molecule has 2 fully saturated rings. The highest BCUT2D eigenvalue weighted by Gasteiger charge is 2.44. The lowest BCUT2D eigenvalue weighted by Gasteiger charge is -2.27. The summed E-state index contributed by atoms with van der Waals surface area (Å²) in [7, 11) is 0. The van der Waals surface area contributed by atoms with E-state index in [4.69, 9.17) is 10.5 Å². The SMILES string of the molecule is N[C@@H]1CCC[C@H]2SC[C@H](C(=O)OCc3ccccc3)N2C1=O. The first kappa shape index (κ1) is 15.4. The number of nitrogens with two attached hydrogens (primary N) is 1. The first-order valence-electron chi connectivity index (χ1n) is 7.57. The predicted octanol–water partition coefficient (Wildman–Crippen LogP) is 1.51. The highest BCUT2D eigenvalue weighted by molar-refractivity contribution is 8.00. The maximum absolute atomic E-state index is 12.4. The van der Waals surface area contributed by atoms with Gasteiger partial charge in [-0.25, -0.2) is 4.79 Å². The van der Waals surface area contributed by atoms with Gasteiger partial charge in [0.25, 0.3) is 0 Å². The Labute approximate surface area is 134 Å². The summed E-state index contributed by atoms with van der Waals surface area (Å²) in [6.07, 6.45) is 2.51. The molecule has 0 aliphatic carbocycles. The molecule has 3 atom stereocenters. The van der Waals surface area contributed by atoms with Crippen molar-refractivity contribution in [2.24, 2.45) is 5.73 Å². The quantitative estimate of drug-likeness (QED) is 0.855. The van der Waals surface area contributed by atoms with Gasteiger partial charge in [0.1, 0.15) is 12.6 Å². The summed E-state index contributed by atoms with van der Waals surface area (Å²) in [6, 6.07) is 8.55. The van der Waals surface area contributed by atoms with Crippen molar-refractivity contribution in [3.8, 4) is 0 Å². The van der Waals surface area contributed by atoms with Crippen molar-refractivity contribution in [1.29, 1.82) is 0 Å². The molecule has 2 N–H and O–H groups in total. The maximum Gasteiger partial charge on any atom is 0.330 e. The molecule has 2 aliphatic heterocycles. The minimum Gasteiger partial charge on any atom is -0.459 e. The molecule has 0 saturated carbocycles. The van der Waals surface area contributed by atoms with Crippen molar-refractivity contribution in [2.75, 3.05) is 5.75 Å². The molecule has 1 amide bonds. The van der Waals surface area contributed by atoms with Crippen LogP contribution < -0.4 is 5.73 Å². The molecule has 2 aliphatic rings. The van der Waals surface area contributed by atoms with Gasteiger partial charge in [-0.3, -0.25) is 4.79 Å². The Kier molecular flexibility index (Phi) is 4.69. The number of ether oxygens (including phenoxy) is 1. The van der Waals surface area contributed by atoms with Crippen molar-refractivity contribution in [3.63, 3.8) is 0 Å². The van der Waals surface area contributed by atoms with E-state index in [0.29, 0.717) is 12.2 Å². The summed E-state index contributed by atoms with van der Waals surface area (Å²) in [5.74, 6) is 0.145. The molecule has 0 aromatic heterocycles. The Morgan fingerprint density at radius 3 is 2.86 bits per heavy atom. The van der Waals surface area contributed by atoms with Crippen molar-refractivity contribution in [2.45, 2.75) is 43.3 Å². The smallest absolute Gasteiger partial charge is 0.330 e. The van der Waals surface area contributed by atoms with Crippen molar-refractivity contribution in [3.05, 3.63) is 35.9 Å². The van der Waals surface area contributed by atoms with Crippen LogP contribution in [0.3, 0.4) is 0 Å². The van der Waals surface area contributed by atoms with Gasteiger partial charge in [0.2, 0.25) is 5.91 Å². The van der Waals surface area contributed by atoms with Crippen molar-refractivity contribution < 1.29 is 14.3 Å². The molecule has 3 rings (SSSR count). The number of fused-ring (bicyclic) bond motifs is 1. The van der Waals surface area contributed by atoms with E-state index < -0.39 is 12.1 Å². The van der Waals surface area contributed by atoms with E-state index >= 15 is 0 Å². The number of hydrogen-bond donors (Lipinski definition) is 1. The monoisotopic (exact) mass is 320 g/mol. The zero-order chi connectivity index (χ0) is 15.5. The van der Waals surface area contributed by atoms with E-state index in [2.05, 4.69) is 0 Å². The minimum atomic E-state index is -0.504. The Bertz CT molecular complexity index is 552. The number of amides is 1. The number of hydrogen-bond acceptors (Lipinski definition) is 5. The molecule has 118 valence electrons. The number of rotatable bonds is 3. The Balaban J connectivity index is 1.66. The Morgan fingerprint density at radius 2 is 2.09 bits per heavy atom. The van der Waals surface area contributed by atoms with Gasteiger partial charge in [0.15, 0.2) is 0 Å². The van der Waals surface area contributed by atoms with Crippen LogP contribution in [0.1, 0.15) is 24.8 Å². The summed E-state index contributed by atoms with van der Waals surface area (Å²) in [4.78, 5) is 26.4. The van der Waals surface area contributed by atoms with Crippen molar-refractivity contribution in [1.82, 2.24) is 4.90 Å². The van der Waals surface area contributed by atoms with Gasteiger partial charge in [-0.05, 0) is 24.8 Å². The predicted molar refractivity (Wildman–Crippen MR) is 84.9 cm³/mol. The van der Waals surface area contributed by atoms with Gasteiger partial charge in [-0.15, -0.1) is 11.8 Å². The van der Waals surface area contributed by atoms with Crippen LogP contribution in [0, 0.1) is 0 Å². The lowest BCUT2D eigenvalue weighted by molar-refractivity contribution is -0.155. The fourth-order valence-corrected chi connectivity index (χ4v) is 4.36. The summed E-state index contributed by atoms with van der Waals surface area (Å²) in [5.41, 5.74) is 6.85. The van der Waals surface area contributed by atoms with Gasteiger partial charge in [0, 0.05) is 5.75 Å². The van der Waals surface area contributed by atoms with Crippen LogP contribution in [0.25, 0.3) is 0 Å². The molecule has 0 radical (unpaired) electrons. The normalized spacial score (nSPS) is 28.1. The van der Waals surface area contributed by atoms with Crippen LogP contribution in [0.2, 0.25) is 0 Å². The van der Waals surface area contributed by atoms with E-state index in [1.807, 2.05) is 30.3 Å². The molecule has 0 spiro atoms. The first-order chi connectivity index (χ1) is 10.7. The number of benzene rings is 1. The molecule has 1 aromatic carbocycles. The molecular formula is C16H20N2O3S. The number of esters is 1.